The number of hydrogen-bond donors (Lipinski definition) is 1. The van der Waals surface area contributed by atoms with Gasteiger partial charge in [0.1, 0.15) is 0 Å². The van der Waals surface area contributed by atoms with Crippen molar-refractivity contribution in [2.45, 2.75) is 51.5 Å². The molecule has 102 valence electrons. The molecule has 3 rings (SSSR count). The third kappa shape index (κ3) is 2.56. The molecule has 0 aliphatic heterocycles. The summed E-state index contributed by atoms with van der Waals surface area (Å²) < 4.78 is 0. The van der Waals surface area contributed by atoms with Gasteiger partial charge in [0.25, 0.3) is 0 Å². The maximum Gasteiger partial charge on any atom is 0.236 e. The molecule has 0 aromatic heterocycles. The molecule has 1 N–H and O–H groups in total. The first-order chi connectivity index (χ1) is 8.78. The van der Waals surface area contributed by atoms with Crippen LogP contribution in [0.3, 0.4) is 0 Å². The highest BCUT2D eigenvalue weighted by molar-refractivity contribution is 5.78. The molecule has 0 aromatic carbocycles. The second kappa shape index (κ2) is 5.20. The molecule has 0 heterocycles. The summed E-state index contributed by atoms with van der Waals surface area (Å²) in [5.41, 5.74) is 0. The SMILES string of the molecule is CCN(C(=O)CNCC1CC2CCC1C2)C1CC1. The Kier molecular flexibility index (Phi) is 3.60. The largest absolute Gasteiger partial charge is 0.339 e. The van der Waals surface area contributed by atoms with Crippen LogP contribution in [0, 0.1) is 17.8 Å². The number of hydrogen-bond acceptors (Lipinski definition) is 2. The van der Waals surface area contributed by atoms with E-state index in [0.29, 0.717) is 18.5 Å². The molecular formula is C15H26N2O. The van der Waals surface area contributed by atoms with Gasteiger partial charge in [0, 0.05) is 12.6 Å². The molecule has 18 heavy (non-hydrogen) atoms. The summed E-state index contributed by atoms with van der Waals surface area (Å²) in [7, 11) is 0. The van der Waals surface area contributed by atoms with Crippen LogP contribution in [-0.4, -0.2) is 36.5 Å². The summed E-state index contributed by atoms with van der Waals surface area (Å²) in [5, 5.41) is 3.42. The molecule has 0 saturated heterocycles. The molecule has 1 amide bonds. The van der Waals surface area contributed by atoms with Crippen molar-refractivity contribution in [1.29, 1.82) is 0 Å². The zero-order chi connectivity index (χ0) is 12.5. The monoisotopic (exact) mass is 250 g/mol. The zero-order valence-electron chi connectivity index (χ0n) is 11.5. The highest BCUT2D eigenvalue weighted by Crippen LogP contribution is 2.47. The lowest BCUT2D eigenvalue weighted by Gasteiger charge is -2.24. The van der Waals surface area contributed by atoms with E-state index in [1.165, 1.54) is 38.5 Å². The average molecular weight is 250 g/mol. The van der Waals surface area contributed by atoms with Gasteiger partial charge in [0.15, 0.2) is 0 Å². The summed E-state index contributed by atoms with van der Waals surface area (Å²) in [6.45, 7) is 4.58. The molecule has 3 fully saturated rings. The summed E-state index contributed by atoms with van der Waals surface area (Å²) in [6.07, 6.45) is 8.20. The van der Waals surface area contributed by atoms with Crippen LogP contribution in [0.2, 0.25) is 0 Å². The average Bonchev–Trinajstić information content (AvgIpc) is 2.98. The van der Waals surface area contributed by atoms with E-state index >= 15 is 0 Å². The Morgan fingerprint density at radius 2 is 2.06 bits per heavy atom. The number of nitrogens with one attached hydrogen (secondary N) is 1. The van der Waals surface area contributed by atoms with Crippen molar-refractivity contribution >= 4 is 5.91 Å². The highest BCUT2D eigenvalue weighted by Gasteiger charge is 2.39. The van der Waals surface area contributed by atoms with Crippen LogP contribution in [-0.2, 0) is 4.79 Å². The maximum atomic E-state index is 12.1. The smallest absolute Gasteiger partial charge is 0.236 e. The Hall–Kier alpha value is -0.570. The molecule has 0 aromatic rings. The van der Waals surface area contributed by atoms with Crippen molar-refractivity contribution in [3.05, 3.63) is 0 Å². The van der Waals surface area contributed by atoms with Crippen molar-refractivity contribution in [2.24, 2.45) is 17.8 Å². The fourth-order valence-corrected chi connectivity index (χ4v) is 4.12. The van der Waals surface area contributed by atoms with Gasteiger partial charge in [0.05, 0.1) is 6.54 Å². The van der Waals surface area contributed by atoms with E-state index in [9.17, 15) is 4.79 Å². The summed E-state index contributed by atoms with van der Waals surface area (Å²) in [5.74, 6) is 3.13. The van der Waals surface area contributed by atoms with E-state index in [-0.39, 0.29) is 0 Å². The Morgan fingerprint density at radius 3 is 2.61 bits per heavy atom. The number of rotatable bonds is 6. The van der Waals surface area contributed by atoms with Crippen molar-refractivity contribution in [3.8, 4) is 0 Å². The Balaban J connectivity index is 1.37. The van der Waals surface area contributed by atoms with Crippen molar-refractivity contribution in [1.82, 2.24) is 10.2 Å². The molecule has 2 bridgehead atoms. The molecular weight excluding hydrogens is 224 g/mol. The first kappa shape index (κ1) is 12.5. The van der Waals surface area contributed by atoms with E-state index in [2.05, 4.69) is 12.2 Å². The molecule has 3 heteroatoms. The van der Waals surface area contributed by atoms with Crippen LogP contribution >= 0.6 is 0 Å². The van der Waals surface area contributed by atoms with Crippen LogP contribution < -0.4 is 5.32 Å². The van der Waals surface area contributed by atoms with Crippen LogP contribution in [0.5, 0.6) is 0 Å². The number of carbonyl (C=O) groups is 1. The normalized spacial score (nSPS) is 33.9. The lowest BCUT2D eigenvalue weighted by atomic mass is 9.89. The molecule has 0 radical (unpaired) electrons. The molecule has 0 spiro atoms. The van der Waals surface area contributed by atoms with Gasteiger partial charge in [-0.15, -0.1) is 0 Å². The van der Waals surface area contributed by atoms with Gasteiger partial charge >= 0.3 is 0 Å². The van der Waals surface area contributed by atoms with Crippen molar-refractivity contribution in [2.75, 3.05) is 19.6 Å². The number of nitrogens with zero attached hydrogens (tertiary/aromatic N) is 1. The minimum Gasteiger partial charge on any atom is -0.339 e. The lowest BCUT2D eigenvalue weighted by Crippen LogP contribution is -2.41. The minimum atomic E-state index is 0.308. The molecule has 3 atom stereocenters. The van der Waals surface area contributed by atoms with Gasteiger partial charge in [-0.25, -0.2) is 0 Å². The number of amides is 1. The van der Waals surface area contributed by atoms with Gasteiger partial charge in [-0.3, -0.25) is 4.79 Å². The van der Waals surface area contributed by atoms with E-state index in [1.54, 1.807) is 0 Å². The van der Waals surface area contributed by atoms with Crippen molar-refractivity contribution in [3.63, 3.8) is 0 Å². The summed E-state index contributed by atoms with van der Waals surface area (Å²) in [4.78, 5) is 14.1. The summed E-state index contributed by atoms with van der Waals surface area (Å²) >= 11 is 0. The minimum absolute atomic E-state index is 0.308. The number of likely N-dealkylation sites (N-methyl/N-ethyl adjacent to an activating group) is 1. The van der Waals surface area contributed by atoms with E-state index in [1.807, 2.05) is 4.90 Å². The number of fused-ring (bicyclic) bond motifs is 2. The predicted molar refractivity (Wildman–Crippen MR) is 72.2 cm³/mol. The quantitative estimate of drug-likeness (QED) is 0.782. The first-order valence-corrected chi connectivity index (χ1v) is 7.78. The number of carbonyl (C=O) groups excluding carboxylic acids is 1. The van der Waals surface area contributed by atoms with E-state index < -0.39 is 0 Å². The van der Waals surface area contributed by atoms with Crippen LogP contribution in [0.4, 0.5) is 0 Å². The third-order valence-corrected chi connectivity index (χ3v) is 5.22. The highest BCUT2D eigenvalue weighted by atomic mass is 16.2. The van der Waals surface area contributed by atoms with Gasteiger partial charge in [-0.1, -0.05) is 6.42 Å². The van der Waals surface area contributed by atoms with Gasteiger partial charge in [0.2, 0.25) is 5.91 Å². The maximum absolute atomic E-state index is 12.1. The fourth-order valence-electron chi connectivity index (χ4n) is 4.12. The first-order valence-electron chi connectivity index (χ1n) is 7.78. The van der Waals surface area contributed by atoms with E-state index in [0.717, 1.165) is 30.8 Å². The van der Waals surface area contributed by atoms with Gasteiger partial charge in [-0.2, -0.15) is 0 Å². The predicted octanol–water partition coefficient (Wildman–Crippen LogP) is 2.02. The van der Waals surface area contributed by atoms with Crippen LogP contribution in [0.1, 0.15) is 45.4 Å². The molecule has 3 aliphatic carbocycles. The molecule has 3 unspecified atom stereocenters. The second-order valence-electron chi connectivity index (χ2n) is 6.48. The molecule has 3 nitrogen and oxygen atoms in total. The Labute approximate surface area is 110 Å². The lowest BCUT2D eigenvalue weighted by molar-refractivity contribution is -0.130. The molecule has 3 aliphatic rings. The van der Waals surface area contributed by atoms with Gasteiger partial charge in [-0.05, 0) is 63.3 Å². The Bertz CT molecular complexity index is 314. The van der Waals surface area contributed by atoms with Crippen LogP contribution in [0.25, 0.3) is 0 Å². The van der Waals surface area contributed by atoms with Crippen LogP contribution in [0.15, 0.2) is 0 Å². The van der Waals surface area contributed by atoms with E-state index in [4.69, 9.17) is 0 Å². The topological polar surface area (TPSA) is 32.3 Å². The summed E-state index contributed by atoms with van der Waals surface area (Å²) in [6, 6.07) is 0.562. The van der Waals surface area contributed by atoms with Crippen molar-refractivity contribution < 1.29 is 4.79 Å². The standard InChI is InChI=1S/C15H26N2O/c1-2-17(14-5-6-14)15(18)10-16-9-13-8-11-3-4-12(13)7-11/h11-14,16H,2-10H2,1H3. The fraction of sp³-hybridized carbons (Fsp3) is 0.933. The molecule has 3 saturated carbocycles. The zero-order valence-corrected chi connectivity index (χ0v) is 11.5. The Morgan fingerprint density at radius 1 is 1.22 bits per heavy atom. The second-order valence-corrected chi connectivity index (χ2v) is 6.48. The third-order valence-electron chi connectivity index (χ3n) is 5.22. The van der Waals surface area contributed by atoms with Gasteiger partial charge < -0.3 is 10.2 Å².